The first kappa shape index (κ1) is 18.0. The second kappa shape index (κ2) is 8.06. The molecule has 2 aromatic rings. The van der Waals surface area contributed by atoms with Crippen molar-refractivity contribution in [1.29, 1.82) is 0 Å². The van der Waals surface area contributed by atoms with Crippen LogP contribution in [-0.2, 0) is 0 Å². The zero-order valence-corrected chi connectivity index (χ0v) is 16.5. The first-order valence-corrected chi connectivity index (χ1v) is 9.24. The van der Waals surface area contributed by atoms with Gasteiger partial charge < -0.3 is 14.4 Å². The lowest BCUT2D eigenvalue weighted by Crippen LogP contribution is -2.47. The van der Waals surface area contributed by atoms with E-state index >= 15 is 0 Å². The second-order valence-electron chi connectivity index (χ2n) is 6.15. The van der Waals surface area contributed by atoms with Crippen LogP contribution in [0.15, 0.2) is 41.0 Å². The summed E-state index contributed by atoms with van der Waals surface area (Å²) in [5, 5.41) is 0. The number of benzene rings is 1. The van der Waals surface area contributed by atoms with Gasteiger partial charge >= 0.3 is 0 Å². The summed E-state index contributed by atoms with van der Waals surface area (Å²) in [6.45, 7) is 6.27. The van der Waals surface area contributed by atoms with Gasteiger partial charge in [-0.25, -0.2) is 4.98 Å². The van der Waals surface area contributed by atoms with Crippen molar-refractivity contribution < 1.29 is 9.47 Å². The maximum Gasteiger partial charge on any atom is 0.212 e. The summed E-state index contributed by atoms with van der Waals surface area (Å²) in [5.74, 6) is 1.53. The van der Waals surface area contributed by atoms with E-state index in [-0.39, 0.29) is 0 Å². The van der Waals surface area contributed by atoms with Crippen molar-refractivity contribution in [3.05, 3.63) is 46.6 Å². The lowest BCUT2D eigenvalue weighted by atomic mass is 10.1. The Bertz CT molecular complexity index is 700. The molecule has 0 N–H and O–H groups in total. The molecule has 1 fully saturated rings. The predicted molar refractivity (Wildman–Crippen MR) is 104 cm³/mol. The van der Waals surface area contributed by atoms with Crippen LogP contribution in [0.4, 0.5) is 5.69 Å². The van der Waals surface area contributed by atoms with Crippen LogP contribution in [0, 0.1) is 0 Å². The molecule has 1 atom stereocenters. The fourth-order valence-corrected chi connectivity index (χ4v) is 3.59. The average molecular weight is 406 g/mol. The molecule has 1 aromatic heterocycles. The Morgan fingerprint density at radius 2 is 1.80 bits per heavy atom. The highest BCUT2D eigenvalue weighted by Crippen LogP contribution is 2.31. The summed E-state index contributed by atoms with van der Waals surface area (Å²) >= 11 is 3.51. The maximum absolute atomic E-state index is 5.41. The molecule has 1 aliphatic rings. The third-order valence-corrected chi connectivity index (χ3v) is 5.47. The Morgan fingerprint density at radius 3 is 2.40 bits per heavy atom. The third kappa shape index (κ3) is 4.07. The minimum absolute atomic E-state index is 0.347. The van der Waals surface area contributed by atoms with Gasteiger partial charge in [-0.1, -0.05) is 6.07 Å². The van der Waals surface area contributed by atoms with Crippen molar-refractivity contribution in [2.24, 2.45) is 0 Å². The van der Waals surface area contributed by atoms with Gasteiger partial charge in [-0.3, -0.25) is 4.90 Å². The maximum atomic E-state index is 5.41. The highest BCUT2D eigenvalue weighted by molar-refractivity contribution is 9.10. The molecule has 3 rings (SSSR count). The molecular formula is C19H24BrN3O2. The van der Waals surface area contributed by atoms with Gasteiger partial charge in [0.05, 0.1) is 18.7 Å². The lowest BCUT2D eigenvalue weighted by Gasteiger charge is -2.39. The van der Waals surface area contributed by atoms with Gasteiger partial charge in [0.15, 0.2) is 0 Å². The van der Waals surface area contributed by atoms with Gasteiger partial charge in [0.1, 0.15) is 5.75 Å². The minimum Gasteiger partial charge on any atom is -0.495 e. The van der Waals surface area contributed by atoms with Crippen molar-refractivity contribution in [1.82, 2.24) is 9.88 Å². The molecule has 0 bridgehead atoms. The van der Waals surface area contributed by atoms with Crippen LogP contribution in [-0.4, -0.2) is 50.3 Å². The molecular weight excluding hydrogens is 382 g/mol. The van der Waals surface area contributed by atoms with Crippen molar-refractivity contribution in [3.63, 3.8) is 0 Å². The molecule has 1 saturated heterocycles. The number of methoxy groups -OCH3 is 2. The van der Waals surface area contributed by atoms with Gasteiger partial charge in [0.25, 0.3) is 0 Å². The zero-order valence-electron chi connectivity index (χ0n) is 14.9. The number of hydrogen-bond donors (Lipinski definition) is 0. The number of ether oxygens (including phenoxy) is 2. The van der Waals surface area contributed by atoms with E-state index in [1.165, 1.54) is 11.3 Å². The number of aromatic nitrogens is 1. The van der Waals surface area contributed by atoms with E-state index in [9.17, 15) is 0 Å². The number of piperazine rings is 1. The summed E-state index contributed by atoms with van der Waals surface area (Å²) in [6.07, 6.45) is 1.91. The van der Waals surface area contributed by atoms with Gasteiger partial charge in [-0.15, -0.1) is 0 Å². The van der Waals surface area contributed by atoms with Gasteiger partial charge in [0, 0.05) is 56.2 Å². The Morgan fingerprint density at radius 1 is 1.04 bits per heavy atom. The summed E-state index contributed by atoms with van der Waals surface area (Å²) < 4.78 is 11.5. The third-order valence-electron chi connectivity index (χ3n) is 4.81. The van der Waals surface area contributed by atoms with Gasteiger partial charge in [-0.2, -0.15) is 0 Å². The first-order valence-electron chi connectivity index (χ1n) is 8.45. The summed E-state index contributed by atoms with van der Waals surface area (Å²) in [5.41, 5.74) is 2.43. The molecule has 0 amide bonds. The van der Waals surface area contributed by atoms with Crippen LogP contribution in [0.2, 0.25) is 0 Å². The summed E-state index contributed by atoms with van der Waals surface area (Å²) in [4.78, 5) is 9.23. The fraction of sp³-hybridized carbons (Fsp3) is 0.421. The smallest absolute Gasteiger partial charge is 0.212 e. The van der Waals surface area contributed by atoms with Crippen LogP contribution >= 0.6 is 15.9 Å². The molecule has 1 unspecified atom stereocenters. The number of hydrogen-bond acceptors (Lipinski definition) is 5. The van der Waals surface area contributed by atoms with Crippen molar-refractivity contribution in [2.45, 2.75) is 13.0 Å². The Hall–Kier alpha value is -1.79. The molecule has 6 heteroatoms. The second-order valence-corrected chi connectivity index (χ2v) is 7.01. The standard InChI is InChI=1S/C19H24BrN3O2/c1-14(15-4-7-19(25-3)21-13-15)22-8-10-23(11-9-22)16-5-6-17(20)18(12-16)24-2/h4-7,12-14H,8-11H2,1-3H3. The van der Waals surface area contributed by atoms with E-state index in [2.05, 4.69) is 55.8 Å². The number of rotatable bonds is 5. The monoisotopic (exact) mass is 405 g/mol. The fourth-order valence-electron chi connectivity index (χ4n) is 3.18. The highest BCUT2D eigenvalue weighted by atomic mass is 79.9. The quantitative estimate of drug-likeness (QED) is 0.756. The Kier molecular flexibility index (Phi) is 5.81. The molecule has 25 heavy (non-hydrogen) atoms. The molecule has 0 saturated carbocycles. The summed E-state index contributed by atoms with van der Waals surface area (Å²) in [6, 6.07) is 10.7. The van der Waals surface area contributed by atoms with E-state index in [0.717, 1.165) is 36.4 Å². The number of nitrogens with zero attached hydrogens (tertiary/aromatic N) is 3. The van der Waals surface area contributed by atoms with Crippen LogP contribution in [0.5, 0.6) is 11.6 Å². The van der Waals surface area contributed by atoms with Crippen molar-refractivity contribution in [3.8, 4) is 11.6 Å². The largest absolute Gasteiger partial charge is 0.495 e. The predicted octanol–water partition coefficient (Wildman–Crippen LogP) is 3.74. The van der Waals surface area contributed by atoms with Gasteiger partial charge in [-0.05, 0) is 40.5 Å². The lowest BCUT2D eigenvalue weighted by molar-refractivity contribution is 0.198. The molecule has 0 radical (unpaired) electrons. The molecule has 2 heterocycles. The Labute approximate surface area is 157 Å². The molecule has 1 aromatic carbocycles. The number of halogens is 1. The zero-order chi connectivity index (χ0) is 17.8. The van der Waals surface area contributed by atoms with Crippen molar-refractivity contribution in [2.75, 3.05) is 45.3 Å². The molecule has 5 nitrogen and oxygen atoms in total. The van der Waals surface area contributed by atoms with E-state index < -0.39 is 0 Å². The average Bonchev–Trinajstić information content (AvgIpc) is 2.68. The normalized spacial score (nSPS) is 16.6. The molecule has 1 aliphatic heterocycles. The van der Waals surface area contributed by atoms with Crippen LogP contribution in [0.1, 0.15) is 18.5 Å². The molecule has 0 spiro atoms. The Balaban J connectivity index is 1.62. The highest BCUT2D eigenvalue weighted by Gasteiger charge is 2.23. The SMILES string of the molecule is COc1ccc(C(C)N2CCN(c3ccc(Br)c(OC)c3)CC2)cn1. The van der Waals surface area contributed by atoms with E-state index in [1.54, 1.807) is 14.2 Å². The summed E-state index contributed by atoms with van der Waals surface area (Å²) in [7, 11) is 3.34. The van der Waals surface area contributed by atoms with Crippen LogP contribution in [0.3, 0.4) is 0 Å². The first-order chi connectivity index (χ1) is 12.1. The molecule has 134 valence electrons. The van der Waals surface area contributed by atoms with Crippen LogP contribution in [0.25, 0.3) is 0 Å². The van der Waals surface area contributed by atoms with E-state index in [0.29, 0.717) is 11.9 Å². The van der Waals surface area contributed by atoms with Crippen LogP contribution < -0.4 is 14.4 Å². The van der Waals surface area contributed by atoms with E-state index in [1.807, 2.05) is 18.3 Å². The topological polar surface area (TPSA) is 37.8 Å². The minimum atomic E-state index is 0.347. The molecule has 0 aliphatic carbocycles. The van der Waals surface area contributed by atoms with E-state index in [4.69, 9.17) is 9.47 Å². The van der Waals surface area contributed by atoms with Gasteiger partial charge in [0.2, 0.25) is 5.88 Å². The van der Waals surface area contributed by atoms with Crippen molar-refractivity contribution >= 4 is 21.6 Å². The number of pyridine rings is 1. The number of anilines is 1.